The molecule has 6 nitrogen and oxygen atoms in total. The first-order valence-electron chi connectivity index (χ1n) is 6.15. The van der Waals surface area contributed by atoms with E-state index in [4.69, 9.17) is 13.7 Å². The first kappa shape index (κ1) is 18.2. The second-order valence-corrected chi connectivity index (χ2v) is 7.60. The predicted octanol–water partition coefficient (Wildman–Crippen LogP) is 1.07. The van der Waals surface area contributed by atoms with E-state index in [-0.39, 0.29) is 5.75 Å². The van der Waals surface area contributed by atoms with Crippen molar-refractivity contribution in [3.8, 4) is 0 Å². The standard InChI is InChI=1S/C13H20O6S2/c1-10-5-7-11(8-6-10)20(14)9-12(13(17-2)18-3)19-21(4,15)16/h5-8,12-13H,9H2,1-4H3/t12-,20-/m1/s1. The van der Waals surface area contributed by atoms with Gasteiger partial charge in [0.2, 0.25) is 0 Å². The average molecular weight is 336 g/mol. The van der Waals surface area contributed by atoms with Crippen molar-refractivity contribution in [2.24, 2.45) is 0 Å². The number of aryl methyl sites for hydroxylation is 1. The van der Waals surface area contributed by atoms with Crippen LogP contribution in [0.2, 0.25) is 0 Å². The summed E-state index contributed by atoms with van der Waals surface area (Å²) < 4.78 is 49.9. The average Bonchev–Trinajstić information content (AvgIpc) is 2.38. The summed E-state index contributed by atoms with van der Waals surface area (Å²) >= 11 is 0. The van der Waals surface area contributed by atoms with Gasteiger partial charge in [-0.3, -0.25) is 8.39 Å². The zero-order valence-electron chi connectivity index (χ0n) is 12.4. The molecule has 2 atom stereocenters. The Bertz CT molecular complexity index is 563. The van der Waals surface area contributed by atoms with Gasteiger partial charge in [0.1, 0.15) is 6.10 Å². The molecule has 0 radical (unpaired) electrons. The van der Waals surface area contributed by atoms with Gasteiger partial charge < -0.3 is 9.47 Å². The summed E-state index contributed by atoms with van der Waals surface area (Å²) in [7, 11) is -2.42. The third-order valence-corrected chi connectivity index (χ3v) is 4.69. The topological polar surface area (TPSA) is 78.9 Å². The highest BCUT2D eigenvalue weighted by molar-refractivity contribution is 7.86. The van der Waals surface area contributed by atoms with Crippen LogP contribution in [0.3, 0.4) is 0 Å². The molecule has 0 aliphatic heterocycles. The van der Waals surface area contributed by atoms with Crippen LogP contribution >= 0.6 is 0 Å². The molecule has 0 saturated heterocycles. The quantitative estimate of drug-likeness (QED) is 0.522. The molecular formula is C13H20O6S2. The second kappa shape index (κ2) is 8.00. The lowest BCUT2D eigenvalue weighted by molar-refractivity contribution is -0.148. The van der Waals surface area contributed by atoms with Crippen molar-refractivity contribution in [2.45, 2.75) is 24.2 Å². The molecule has 1 aromatic carbocycles. The summed E-state index contributed by atoms with van der Waals surface area (Å²) in [6.45, 7) is 1.92. The number of methoxy groups -OCH3 is 2. The summed E-state index contributed by atoms with van der Waals surface area (Å²) in [5, 5.41) is 0. The predicted molar refractivity (Wildman–Crippen MR) is 80.0 cm³/mol. The number of hydrogen-bond donors (Lipinski definition) is 0. The number of hydrogen-bond acceptors (Lipinski definition) is 6. The summed E-state index contributed by atoms with van der Waals surface area (Å²) in [6, 6.07) is 7.14. The van der Waals surface area contributed by atoms with Crippen molar-refractivity contribution in [3.05, 3.63) is 29.8 Å². The van der Waals surface area contributed by atoms with Gasteiger partial charge in [-0.25, -0.2) is 0 Å². The van der Waals surface area contributed by atoms with Crippen LogP contribution in [0.1, 0.15) is 5.56 Å². The van der Waals surface area contributed by atoms with Gasteiger partial charge in [-0.05, 0) is 19.1 Å². The van der Waals surface area contributed by atoms with Gasteiger partial charge in [-0.2, -0.15) is 8.42 Å². The van der Waals surface area contributed by atoms with Crippen molar-refractivity contribution in [3.63, 3.8) is 0 Å². The Balaban J connectivity index is 2.89. The summed E-state index contributed by atoms with van der Waals surface area (Å²) in [4.78, 5) is 0.591. The molecule has 0 N–H and O–H groups in total. The Labute approximate surface area is 128 Å². The minimum Gasteiger partial charge on any atom is -0.353 e. The molecule has 120 valence electrons. The number of benzene rings is 1. The lowest BCUT2D eigenvalue weighted by Crippen LogP contribution is -2.38. The van der Waals surface area contributed by atoms with Crippen LogP contribution in [-0.4, -0.2) is 51.2 Å². The van der Waals surface area contributed by atoms with Crippen molar-refractivity contribution in [2.75, 3.05) is 26.2 Å². The summed E-state index contributed by atoms with van der Waals surface area (Å²) in [5.74, 6) is -0.0531. The van der Waals surface area contributed by atoms with Gasteiger partial charge in [-0.15, -0.1) is 0 Å². The van der Waals surface area contributed by atoms with Crippen molar-refractivity contribution in [1.82, 2.24) is 0 Å². The normalized spacial score (nSPS) is 15.1. The lowest BCUT2D eigenvalue weighted by Gasteiger charge is -2.23. The summed E-state index contributed by atoms with van der Waals surface area (Å²) in [5.41, 5.74) is 1.05. The van der Waals surface area contributed by atoms with Gasteiger partial charge in [0.15, 0.2) is 6.29 Å². The molecular weight excluding hydrogens is 316 g/mol. The van der Waals surface area contributed by atoms with Crippen LogP contribution in [0.25, 0.3) is 0 Å². The molecule has 1 rings (SSSR count). The molecule has 1 aromatic rings. The van der Waals surface area contributed by atoms with Crippen LogP contribution in [0, 0.1) is 6.92 Å². The Kier molecular flexibility index (Phi) is 6.95. The number of rotatable bonds is 8. The fraction of sp³-hybridized carbons (Fsp3) is 0.538. The van der Waals surface area contributed by atoms with Gasteiger partial charge >= 0.3 is 0 Å². The monoisotopic (exact) mass is 336 g/mol. The molecule has 0 fully saturated rings. The minimum atomic E-state index is -3.72. The van der Waals surface area contributed by atoms with Gasteiger partial charge in [0.25, 0.3) is 10.1 Å². The highest BCUT2D eigenvalue weighted by Crippen LogP contribution is 2.15. The molecule has 21 heavy (non-hydrogen) atoms. The molecule has 0 aromatic heterocycles. The smallest absolute Gasteiger partial charge is 0.264 e. The van der Waals surface area contributed by atoms with Gasteiger partial charge in [0.05, 0.1) is 22.8 Å². The van der Waals surface area contributed by atoms with E-state index in [1.54, 1.807) is 12.1 Å². The molecule has 0 aliphatic carbocycles. The third-order valence-electron chi connectivity index (χ3n) is 2.67. The highest BCUT2D eigenvalue weighted by Gasteiger charge is 2.28. The second-order valence-electron chi connectivity index (χ2n) is 4.50. The maximum Gasteiger partial charge on any atom is 0.264 e. The van der Waals surface area contributed by atoms with Crippen LogP contribution in [0.4, 0.5) is 0 Å². The van der Waals surface area contributed by atoms with E-state index in [1.807, 2.05) is 19.1 Å². The first-order valence-corrected chi connectivity index (χ1v) is 9.29. The summed E-state index contributed by atoms with van der Waals surface area (Å²) in [6.07, 6.45) is -0.983. The number of ether oxygens (including phenoxy) is 2. The molecule has 0 heterocycles. The van der Waals surface area contributed by atoms with Crippen LogP contribution < -0.4 is 0 Å². The van der Waals surface area contributed by atoms with E-state index >= 15 is 0 Å². The van der Waals surface area contributed by atoms with E-state index in [9.17, 15) is 12.6 Å². The van der Waals surface area contributed by atoms with E-state index in [1.165, 1.54) is 14.2 Å². The van der Waals surface area contributed by atoms with E-state index in [0.717, 1.165) is 11.8 Å². The van der Waals surface area contributed by atoms with Gasteiger partial charge in [0, 0.05) is 19.1 Å². The fourth-order valence-corrected chi connectivity index (χ4v) is 3.56. The zero-order chi connectivity index (χ0) is 16.0. The van der Waals surface area contributed by atoms with Crippen molar-refractivity contribution in [1.29, 1.82) is 0 Å². The van der Waals surface area contributed by atoms with Crippen LogP contribution in [0.5, 0.6) is 0 Å². The SMILES string of the molecule is COC(OC)[C@@H](C[S@@](=O)c1ccc(C)cc1)OS(C)(=O)=O. The molecule has 8 heteroatoms. The third kappa shape index (κ3) is 6.23. The first-order chi connectivity index (χ1) is 9.76. The van der Waals surface area contributed by atoms with Crippen LogP contribution in [0.15, 0.2) is 29.2 Å². The Morgan fingerprint density at radius 3 is 2.10 bits per heavy atom. The van der Waals surface area contributed by atoms with Crippen LogP contribution in [-0.2, 0) is 34.6 Å². The highest BCUT2D eigenvalue weighted by atomic mass is 32.2. The van der Waals surface area contributed by atoms with E-state index in [2.05, 4.69) is 0 Å². The largest absolute Gasteiger partial charge is 0.353 e. The maximum atomic E-state index is 12.3. The molecule has 0 unspecified atom stereocenters. The van der Waals surface area contributed by atoms with Crippen molar-refractivity contribution < 1.29 is 26.3 Å². The molecule has 0 spiro atoms. The van der Waals surface area contributed by atoms with Crippen molar-refractivity contribution >= 4 is 20.9 Å². The Morgan fingerprint density at radius 1 is 1.14 bits per heavy atom. The zero-order valence-corrected chi connectivity index (χ0v) is 14.1. The molecule has 0 aliphatic rings. The molecule has 0 saturated carbocycles. The molecule has 0 bridgehead atoms. The maximum absolute atomic E-state index is 12.3. The fourth-order valence-electron chi connectivity index (χ4n) is 1.71. The van der Waals surface area contributed by atoms with E-state index < -0.39 is 33.3 Å². The van der Waals surface area contributed by atoms with E-state index in [0.29, 0.717) is 4.90 Å². The lowest BCUT2D eigenvalue weighted by atomic mass is 10.2. The molecule has 0 amide bonds. The van der Waals surface area contributed by atoms with Gasteiger partial charge in [-0.1, -0.05) is 17.7 Å². The Hall–Kier alpha value is -0.800. The Morgan fingerprint density at radius 2 is 1.67 bits per heavy atom. The minimum absolute atomic E-state index is 0.0531.